The molecule has 1 N–H and O–H groups in total. The quantitative estimate of drug-likeness (QED) is 0.902. The van der Waals surface area contributed by atoms with E-state index in [4.69, 9.17) is 16.3 Å². The number of benzene rings is 2. The molecule has 1 unspecified atom stereocenters. The van der Waals surface area contributed by atoms with E-state index in [0.717, 1.165) is 24.4 Å². The first-order valence-electron chi connectivity index (χ1n) is 7.60. The summed E-state index contributed by atoms with van der Waals surface area (Å²) >= 11 is 6.10. The summed E-state index contributed by atoms with van der Waals surface area (Å²) in [6.07, 6.45) is 0. The summed E-state index contributed by atoms with van der Waals surface area (Å²) in [6.45, 7) is 2.18. The number of piperazine rings is 1. The molecule has 1 saturated heterocycles. The zero-order valence-electron chi connectivity index (χ0n) is 13.4. The average molecular weight is 367 g/mol. The summed E-state index contributed by atoms with van der Waals surface area (Å²) in [4.78, 5) is 14.8. The Hall–Kier alpha value is -1.75. The van der Waals surface area contributed by atoms with E-state index < -0.39 is 0 Å². The highest BCUT2D eigenvalue weighted by molar-refractivity contribution is 6.30. The van der Waals surface area contributed by atoms with Gasteiger partial charge in [-0.3, -0.25) is 4.79 Å². The minimum atomic E-state index is -0.0166. The maximum atomic E-state index is 12.9. The van der Waals surface area contributed by atoms with E-state index in [1.807, 2.05) is 41.3 Å². The topological polar surface area (TPSA) is 41.6 Å². The normalized spacial score (nSPS) is 17.1. The van der Waals surface area contributed by atoms with Crippen LogP contribution >= 0.6 is 24.0 Å². The third kappa shape index (κ3) is 4.01. The number of ether oxygens (including phenoxy) is 1. The zero-order valence-corrected chi connectivity index (χ0v) is 14.9. The number of carbonyl (C=O) groups excluding carboxylic acids is 1. The second-order valence-corrected chi connectivity index (χ2v) is 5.94. The van der Waals surface area contributed by atoms with E-state index in [1.54, 1.807) is 19.2 Å². The molecule has 0 radical (unpaired) electrons. The van der Waals surface area contributed by atoms with Crippen LogP contribution in [-0.2, 0) is 0 Å². The van der Waals surface area contributed by atoms with Crippen LogP contribution in [0.4, 0.5) is 0 Å². The molecule has 2 aromatic carbocycles. The van der Waals surface area contributed by atoms with E-state index in [9.17, 15) is 4.79 Å². The first-order valence-corrected chi connectivity index (χ1v) is 7.98. The summed E-state index contributed by atoms with van der Waals surface area (Å²) < 4.78 is 5.15. The largest absolute Gasteiger partial charge is 0.497 e. The second-order valence-electron chi connectivity index (χ2n) is 5.50. The molecule has 3 rings (SSSR count). The number of rotatable bonds is 3. The summed E-state index contributed by atoms with van der Waals surface area (Å²) in [6, 6.07) is 14.9. The van der Waals surface area contributed by atoms with Crippen molar-refractivity contribution in [3.8, 4) is 5.75 Å². The van der Waals surface area contributed by atoms with E-state index in [0.29, 0.717) is 17.1 Å². The number of nitrogens with zero attached hydrogens (tertiary/aromatic N) is 1. The summed E-state index contributed by atoms with van der Waals surface area (Å²) in [5.74, 6) is 0.771. The smallest absolute Gasteiger partial charge is 0.254 e. The van der Waals surface area contributed by atoms with Crippen molar-refractivity contribution in [3.63, 3.8) is 0 Å². The first-order chi connectivity index (χ1) is 11.2. The predicted octanol–water partition coefficient (Wildman–Crippen LogP) is 3.56. The van der Waals surface area contributed by atoms with Crippen LogP contribution in [0.5, 0.6) is 5.75 Å². The van der Waals surface area contributed by atoms with Crippen molar-refractivity contribution >= 4 is 29.9 Å². The van der Waals surface area contributed by atoms with Gasteiger partial charge in [0.2, 0.25) is 0 Å². The third-order valence-electron chi connectivity index (χ3n) is 4.07. The molecule has 0 saturated carbocycles. The van der Waals surface area contributed by atoms with Gasteiger partial charge in [-0.2, -0.15) is 0 Å². The van der Waals surface area contributed by atoms with Crippen molar-refractivity contribution in [2.24, 2.45) is 0 Å². The fourth-order valence-corrected chi connectivity index (χ4v) is 3.06. The van der Waals surface area contributed by atoms with Crippen LogP contribution in [0.3, 0.4) is 0 Å². The van der Waals surface area contributed by atoms with Crippen molar-refractivity contribution in [1.82, 2.24) is 10.2 Å². The van der Waals surface area contributed by atoms with Gasteiger partial charge in [-0.05, 0) is 42.0 Å². The Balaban J connectivity index is 0.00000208. The number of hydrogen-bond donors (Lipinski definition) is 1. The Morgan fingerprint density at radius 2 is 2.00 bits per heavy atom. The van der Waals surface area contributed by atoms with E-state index in [1.165, 1.54) is 0 Å². The Labute approximate surface area is 153 Å². The van der Waals surface area contributed by atoms with Gasteiger partial charge in [-0.25, -0.2) is 0 Å². The first kappa shape index (κ1) is 18.6. The Morgan fingerprint density at radius 3 is 2.67 bits per heavy atom. The molecule has 0 aliphatic carbocycles. The second kappa shape index (κ2) is 8.38. The molecule has 24 heavy (non-hydrogen) atoms. The molecular weight excluding hydrogens is 347 g/mol. The molecule has 1 aliphatic rings. The number of carbonyl (C=O) groups is 1. The highest BCUT2D eigenvalue weighted by atomic mass is 35.5. The minimum absolute atomic E-state index is 0. The molecule has 4 nitrogen and oxygen atoms in total. The van der Waals surface area contributed by atoms with Gasteiger partial charge >= 0.3 is 0 Å². The Kier molecular flexibility index (Phi) is 6.49. The maximum absolute atomic E-state index is 12.9. The van der Waals surface area contributed by atoms with Crippen LogP contribution in [-0.4, -0.2) is 37.6 Å². The molecule has 2 aromatic rings. The van der Waals surface area contributed by atoms with Crippen LogP contribution in [0.15, 0.2) is 48.5 Å². The minimum Gasteiger partial charge on any atom is -0.497 e. The van der Waals surface area contributed by atoms with Crippen LogP contribution < -0.4 is 10.1 Å². The van der Waals surface area contributed by atoms with Crippen molar-refractivity contribution < 1.29 is 9.53 Å². The van der Waals surface area contributed by atoms with Crippen molar-refractivity contribution in [2.45, 2.75) is 6.04 Å². The van der Waals surface area contributed by atoms with Crippen molar-refractivity contribution in [2.75, 3.05) is 26.7 Å². The molecular formula is C18H20Cl2N2O2. The van der Waals surface area contributed by atoms with Crippen molar-refractivity contribution in [3.05, 3.63) is 64.7 Å². The van der Waals surface area contributed by atoms with Crippen molar-refractivity contribution in [1.29, 1.82) is 0 Å². The van der Waals surface area contributed by atoms with Crippen LogP contribution in [0.2, 0.25) is 5.02 Å². The number of hydrogen-bond acceptors (Lipinski definition) is 3. The molecule has 0 bridgehead atoms. The van der Waals surface area contributed by atoms with E-state index in [2.05, 4.69) is 5.32 Å². The molecule has 0 aromatic heterocycles. The highest BCUT2D eigenvalue weighted by Gasteiger charge is 2.28. The fourth-order valence-electron chi connectivity index (χ4n) is 2.86. The van der Waals surface area contributed by atoms with Gasteiger partial charge in [-0.1, -0.05) is 23.7 Å². The molecule has 1 atom stereocenters. The number of methoxy groups -OCH3 is 1. The SMILES string of the molecule is COc1ccc(C(=O)N2CCNCC2c2cccc(Cl)c2)cc1.Cl. The van der Waals surface area contributed by atoms with Crippen LogP contribution in [0, 0.1) is 0 Å². The molecule has 6 heteroatoms. The average Bonchev–Trinajstić information content (AvgIpc) is 2.61. The van der Waals surface area contributed by atoms with Gasteiger partial charge < -0.3 is 15.0 Å². The lowest BCUT2D eigenvalue weighted by Crippen LogP contribution is -2.48. The Bertz CT molecular complexity index is 692. The molecule has 128 valence electrons. The van der Waals surface area contributed by atoms with Gasteiger partial charge in [0.25, 0.3) is 5.91 Å². The van der Waals surface area contributed by atoms with Gasteiger partial charge in [0.1, 0.15) is 5.75 Å². The molecule has 1 amide bonds. The van der Waals surface area contributed by atoms with E-state index in [-0.39, 0.29) is 24.4 Å². The highest BCUT2D eigenvalue weighted by Crippen LogP contribution is 2.26. The lowest BCUT2D eigenvalue weighted by atomic mass is 10.0. The predicted molar refractivity (Wildman–Crippen MR) is 98.3 cm³/mol. The van der Waals surface area contributed by atoms with Gasteiger partial charge in [0.05, 0.1) is 13.2 Å². The summed E-state index contributed by atoms with van der Waals surface area (Å²) in [5.41, 5.74) is 1.71. The summed E-state index contributed by atoms with van der Waals surface area (Å²) in [7, 11) is 1.61. The van der Waals surface area contributed by atoms with Crippen LogP contribution in [0.25, 0.3) is 0 Å². The molecule has 0 spiro atoms. The van der Waals surface area contributed by atoms with Gasteiger partial charge in [0.15, 0.2) is 0 Å². The third-order valence-corrected chi connectivity index (χ3v) is 4.31. The number of nitrogens with one attached hydrogen (secondary N) is 1. The van der Waals surface area contributed by atoms with Gasteiger partial charge in [-0.15, -0.1) is 12.4 Å². The number of amides is 1. The zero-order chi connectivity index (χ0) is 16.2. The molecule has 1 heterocycles. The standard InChI is InChI=1S/C18H19ClN2O2.ClH/c1-23-16-7-5-13(6-8-16)18(22)21-10-9-20-12-17(21)14-3-2-4-15(19)11-14;/h2-8,11,17,20H,9-10,12H2,1H3;1H. The van der Waals surface area contributed by atoms with Gasteiger partial charge in [0, 0.05) is 30.2 Å². The van der Waals surface area contributed by atoms with E-state index >= 15 is 0 Å². The maximum Gasteiger partial charge on any atom is 0.254 e. The fraction of sp³-hybridized carbons (Fsp3) is 0.278. The summed E-state index contributed by atoms with van der Waals surface area (Å²) in [5, 5.41) is 4.04. The molecule has 1 aliphatic heterocycles. The monoisotopic (exact) mass is 366 g/mol. The Morgan fingerprint density at radius 1 is 1.25 bits per heavy atom. The lowest BCUT2D eigenvalue weighted by molar-refractivity contribution is 0.0634. The lowest BCUT2D eigenvalue weighted by Gasteiger charge is -2.36. The molecule has 1 fully saturated rings. The van der Waals surface area contributed by atoms with Crippen LogP contribution in [0.1, 0.15) is 22.0 Å². The number of halogens is 2.